The van der Waals surface area contributed by atoms with E-state index >= 15 is 0 Å². The molecule has 0 aliphatic carbocycles. The first-order valence-electron chi connectivity index (χ1n) is 5.87. The van der Waals surface area contributed by atoms with E-state index in [1.807, 2.05) is 0 Å². The first kappa shape index (κ1) is 14.7. The van der Waals surface area contributed by atoms with E-state index in [2.05, 4.69) is 10.1 Å². The fourth-order valence-electron chi connectivity index (χ4n) is 1.72. The maximum atomic E-state index is 13.7. The molecule has 21 heavy (non-hydrogen) atoms. The molecule has 110 valence electrons. The number of ether oxygens (including phenoxy) is 1. The quantitative estimate of drug-likeness (QED) is 0.884. The molecule has 0 aliphatic rings. The van der Waals surface area contributed by atoms with E-state index in [0.717, 1.165) is 13.2 Å². The SMILES string of the molecule is COC(=O)c1cc(NC(=O)c2ccoc2C)c(F)cc1F. The summed E-state index contributed by atoms with van der Waals surface area (Å²) in [6, 6.07) is 2.79. The molecule has 1 amide bonds. The third-order valence-corrected chi connectivity index (χ3v) is 2.81. The van der Waals surface area contributed by atoms with E-state index in [4.69, 9.17) is 4.42 Å². The molecule has 1 N–H and O–H groups in total. The molecule has 0 radical (unpaired) electrons. The van der Waals surface area contributed by atoms with Crippen molar-refractivity contribution >= 4 is 17.6 Å². The fraction of sp³-hybridized carbons (Fsp3) is 0.143. The van der Waals surface area contributed by atoms with Crippen molar-refractivity contribution in [3.63, 3.8) is 0 Å². The van der Waals surface area contributed by atoms with Crippen LogP contribution < -0.4 is 5.32 Å². The Hall–Kier alpha value is -2.70. The highest BCUT2D eigenvalue weighted by molar-refractivity contribution is 6.05. The highest BCUT2D eigenvalue weighted by atomic mass is 19.1. The first-order valence-corrected chi connectivity index (χ1v) is 5.87. The molecule has 0 unspecified atom stereocenters. The molecule has 0 fully saturated rings. The van der Waals surface area contributed by atoms with Gasteiger partial charge in [0.2, 0.25) is 0 Å². The number of nitrogens with one attached hydrogen (secondary N) is 1. The number of esters is 1. The van der Waals surface area contributed by atoms with Crippen molar-refractivity contribution in [3.05, 3.63) is 53.0 Å². The average molecular weight is 295 g/mol. The Labute approximate surface area is 118 Å². The molecule has 2 aromatic rings. The van der Waals surface area contributed by atoms with Gasteiger partial charge in [0.1, 0.15) is 17.4 Å². The summed E-state index contributed by atoms with van der Waals surface area (Å²) < 4.78 is 36.5. The van der Waals surface area contributed by atoms with Gasteiger partial charge in [-0.3, -0.25) is 4.79 Å². The van der Waals surface area contributed by atoms with Gasteiger partial charge in [0.15, 0.2) is 0 Å². The summed E-state index contributed by atoms with van der Waals surface area (Å²) in [6.07, 6.45) is 1.31. The molecule has 0 saturated carbocycles. The Morgan fingerprint density at radius 1 is 1.19 bits per heavy atom. The van der Waals surface area contributed by atoms with Gasteiger partial charge in [-0.1, -0.05) is 0 Å². The van der Waals surface area contributed by atoms with Crippen molar-refractivity contribution in [1.29, 1.82) is 0 Å². The number of carbonyl (C=O) groups is 2. The second kappa shape index (κ2) is 5.74. The Balaban J connectivity index is 2.34. The molecule has 1 aromatic carbocycles. The maximum Gasteiger partial charge on any atom is 0.340 e. The number of hydrogen-bond acceptors (Lipinski definition) is 4. The highest BCUT2D eigenvalue weighted by Gasteiger charge is 2.19. The average Bonchev–Trinajstić information content (AvgIpc) is 2.87. The third-order valence-electron chi connectivity index (χ3n) is 2.81. The smallest absolute Gasteiger partial charge is 0.340 e. The minimum atomic E-state index is -1.07. The van der Waals surface area contributed by atoms with Crippen LogP contribution in [0.15, 0.2) is 28.9 Å². The van der Waals surface area contributed by atoms with Crippen LogP contribution >= 0.6 is 0 Å². The minimum absolute atomic E-state index is 0.207. The lowest BCUT2D eigenvalue weighted by atomic mass is 10.1. The van der Waals surface area contributed by atoms with Gasteiger partial charge in [-0.05, 0) is 19.1 Å². The monoisotopic (exact) mass is 295 g/mol. The van der Waals surface area contributed by atoms with Crippen LogP contribution in [-0.2, 0) is 4.74 Å². The highest BCUT2D eigenvalue weighted by Crippen LogP contribution is 2.21. The predicted octanol–water partition coefficient (Wildman–Crippen LogP) is 2.91. The van der Waals surface area contributed by atoms with Crippen molar-refractivity contribution in [2.75, 3.05) is 12.4 Å². The van der Waals surface area contributed by atoms with Gasteiger partial charge in [-0.15, -0.1) is 0 Å². The minimum Gasteiger partial charge on any atom is -0.469 e. The molecule has 0 atom stereocenters. The number of furan rings is 1. The molecule has 1 heterocycles. The summed E-state index contributed by atoms with van der Waals surface area (Å²) in [6.45, 7) is 1.57. The zero-order valence-electron chi connectivity index (χ0n) is 11.2. The lowest BCUT2D eigenvalue weighted by Gasteiger charge is -2.08. The Morgan fingerprint density at radius 2 is 1.90 bits per heavy atom. The molecule has 2 rings (SSSR count). The summed E-state index contributed by atoms with van der Waals surface area (Å²) in [5.74, 6) is -3.33. The van der Waals surface area contributed by atoms with Gasteiger partial charge < -0.3 is 14.5 Å². The first-order chi connectivity index (χ1) is 9.93. The van der Waals surface area contributed by atoms with Crippen LogP contribution in [0.2, 0.25) is 0 Å². The van der Waals surface area contributed by atoms with E-state index in [9.17, 15) is 18.4 Å². The van der Waals surface area contributed by atoms with E-state index in [-0.39, 0.29) is 11.3 Å². The number of hydrogen-bond donors (Lipinski definition) is 1. The molecule has 0 bridgehead atoms. The van der Waals surface area contributed by atoms with Gasteiger partial charge in [-0.2, -0.15) is 0 Å². The molecule has 5 nitrogen and oxygen atoms in total. The van der Waals surface area contributed by atoms with E-state index in [1.165, 1.54) is 12.3 Å². The molecule has 7 heteroatoms. The van der Waals surface area contributed by atoms with Gasteiger partial charge in [0.05, 0.1) is 30.2 Å². The van der Waals surface area contributed by atoms with E-state index in [0.29, 0.717) is 11.8 Å². The number of anilines is 1. The topological polar surface area (TPSA) is 68.5 Å². The summed E-state index contributed by atoms with van der Waals surface area (Å²) in [5, 5.41) is 2.25. The van der Waals surface area contributed by atoms with Crippen molar-refractivity contribution in [1.82, 2.24) is 0 Å². The van der Waals surface area contributed by atoms with E-state index < -0.39 is 29.1 Å². The van der Waals surface area contributed by atoms with E-state index in [1.54, 1.807) is 6.92 Å². The van der Waals surface area contributed by atoms with Crippen LogP contribution in [0, 0.1) is 18.6 Å². The summed E-state index contributed by atoms with van der Waals surface area (Å²) in [4.78, 5) is 23.3. The zero-order chi connectivity index (χ0) is 15.6. The van der Waals surface area contributed by atoms with Crippen molar-refractivity contribution in [2.45, 2.75) is 6.92 Å². The van der Waals surface area contributed by atoms with Crippen LogP contribution in [-0.4, -0.2) is 19.0 Å². The van der Waals surface area contributed by atoms with Crippen LogP contribution in [0.4, 0.5) is 14.5 Å². The lowest BCUT2D eigenvalue weighted by molar-refractivity contribution is 0.0595. The van der Waals surface area contributed by atoms with Crippen molar-refractivity contribution in [2.24, 2.45) is 0 Å². The number of methoxy groups -OCH3 is 1. The fourth-order valence-corrected chi connectivity index (χ4v) is 1.72. The van der Waals surface area contributed by atoms with Crippen LogP contribution in [0.25, 0.3) is 0 Å². The number of benzene rings is 1. The standard InChI is InChI=1S/C14H11F2NO4/c1-7-8(3-4-21-7)13(18)17-12-5-9(14(19)20-2)10(15)6-11(12)16/h3-6H,1-2H3,(H,17,18). The molecule has 0 saturated heterocycles. The molecular weight excluding hydrogens is 284 g/mol. The predicted molar refractivity (Wildman–Crippen MR) is 69.1 cm³/mol. The summed E-state index contributed by atoms with van der Waals surface area (Å²) in [5.41, 5.74) is -0.598. The van der Waals surface area contributed by atoms with Crippen molar-refractivity contribution in [3.8, 4) is 0 Å². The van der Waals surface area contributed by atoms with Gasteiger partial charge >= 0.3 is 5.97 Å². The summed E-state index contributed by atoms with van der Waals surface area (Å²) in [7, 11) is 1.07. The largest absolute Gasteiger partial charge is 0.469 e. The van der Waals surface area contributed by atoms with Crippen LogP contribution in [0.3, 0.4) is 0 Å². The number of amides is 1. The van der Waals surface area contributed by atoms with Gasteiger partial charge in [-0.25, -0.2) is 13.6 Å². The lowest BCUT2D eigenvalue weighted by Crippen LogP contribution is -2.15. The molecule has 1 aromatic heterocycles. The van der Waals surface area contributed by atoms with Gasteiger partial charge in [0, 0.05) is 6.07 Å². The molecule has 0 aliphatic heterocycles. The van der Waals surface area contributed by atoms with Crippen LogP contribution in [0.5, 0.6) is 0 Å². The normalized spacial score (nSPS) is 10.3. The molecular formula is C14H11F2NO4. The number of rotatable bonds is 3. The van der Waals surface area contributed by atoms with Crippen molar-refractivity contribution < 1.29 is 27.5 Å². The van der Waals surface area contributed by atoms with Gasteiger partial charge in [0.25, 0.3) is 5.91 Å². The number of halogens is 2. The zero-order valence-corrected chi connectivity index (χ0v) is 11.2. The Morgan fingerprint density at radius 3 is 2.48 bits per heavy atom. The Bertz CT molecular complexity index is 709. The second-order valence-electron chi connectivity index (χ2n) is 4.15. The Kier molecular flexibility index (Phi) is 4.02. The number of carbonyl (C=O) groups excluding carboxylic acids is 2. The second-order valence-corrected chi connectivity index (χ2v) is 4.15. The molecule has 0 spiro atoms. The maximum absolute atomic E-state index is 13.7. The number of aryl methyl sites for hydroxylation is 1. The van der Waals surface area contributed by atoms with Crippen LogP contribution in [0.1, 0.15) is 26.5 Å². The third kappa shape index (κ3) is 2.91. The summed E-state index contributed by atoms with van der Waals surface area (Å²) >= 11 is 0.